The second-order valence-electron chi connectivity index (χ2n) is 4.06. The van der Waals surface area contributed by atoms with Crippen molar-refractivity contribution in [1.82, 2.24) is 4.37 Å². The van der Waals surface area contributed by atoms with E-state index < -0.39 is 5.91 Å². The zero-order valence-corrected chi connectivity index (χ0v) is 12.7. The zero-order valence-electron chi connectivity index (χ0n) is 10.3. The Kier molecular flexibility index (Phi) is 4.06. The van der Waals surface area contributed by atoms with Crippen LogP contribution in [0.3, 0.4) is 0 Å². The predicted octanol–water partition coefficient (Wildman–Crippen LogP) is 2.22. The summed E-state index contributed by atoms with van der Waals surface area (Å²) in [7, 11) is 1.87. The number of nitrogens with zero attached hydrogens (tertiary/aromatic N) is 2. The zero-order chi connectivity index (χ0) is 14.0. The van der Waals surface area contributed by atoms with Crippen molar-refractivity contribution in [2.45, 2.75) is 6.54 Å². The third-order valence-electron chi connectivity index (χ3n) is 2.66. The number of rotatable bonds is 4. The van der Waals surface area contributed by atoms with E-state index in [0.29, 0.717) is 17.1 Å². The maximum atomic E-state index is 11.4. The summed E-state index contributed by atoms with van der Waals surface area (Å²) < 4.78 is 5.00. The van der Waals surface area contributed by atoms with Gasteiger partial charge in [0.25, 0.3) is 5.91 Å². The quantitative estimate of drug-likeness (QED) is 0.893. The van der Waals surface area contributed by atoms with E-state index in [2.05, 4.69) is 20.3 Å². The second kappa shape index (κ2) is 5.58. The summed E-state index contributed by atoms with van der Waals surface area (Å²) in [6, 6.07) is 7.89. The first kappa shape index (κ1) is 13.8. The average Bonchev–Trinajstić information content (AvgIpc) is 2.74. The number of halogens is 1. The minimum Gasteiger partial charge on any atom is -0.382 e. The van der Waals surface area contributed by atoms with Gasteiger partial charge in [-0.1, -0.05) is 34.1 Å². The summed E-state index contributed by atoms with van der Waals surface area (Å²) in [5.74, 6) is -0.369. The van der Waals surface area contributed by atoms with Gasteiger partial charge in [0.2, 0.25) is 0 Å². The lowest BCUT2D eigenvalue weighted by molar-refractivity contribution is 0.100. The van der Waals surface area contributed by atoms with Crippen molar-refractivity contribution < 1.29 is 4.79 Å². The van der Waals surface area contributed by atoms with Crippen LogP contribution in [0.25, 0.3) is 0 Å². The third kappa shape index (κ3) is 2.87. The number of aromatic nitrogens is 1. The van der Waals surface area contributed by atoms with E-state index in [1.54, 1.807) is 0 Å². The Labute approximate surface area is 123 Å². The fourth-order valence-electron chi connectivity index (χ4n) is 1.74. The van der Waals surface area contributed by atoms with Crippen LogP contribution in [-0.2, 0) is 6.54 Å². The molecule has 0 aliphatic rings. The highest BCUT2D eigenvalue weighted by molar-refractivity contribution is 9.10. The van der Waals surface area contributed by atoms with Crippen molar-refractivity contribution in [3.05, 3.63) is 39.9 Å². The van der Waals surface area contributed by atoms with Gasteiger partial charge in [-0.15, -0.1) is 0 Å². The molecule has 5 nitrogen and oxygen atoms in total. The van der Waals surface area contributed by atoms with Gasteiger partial charge in [-0.05, 0) is 23.2 Å². The number of benzene rings is 1. The van der Waals surface area contributed by atoms with E-state index in [9.17, 15) is 4.79 Å². The highest BCUT2D eigenvalue weighted by atomic mass is 79.9. The van der Waals surface area contributed by atoms with Crippen molar-refractivity contribution in [2.24, 2.45) is 5.73 Å². The molecule has 0 bridgehead atoms. The summed E-state index contributed by atoms with van der Waals surface area (Å²) >= 11 is 4.67. The van der Waals surface area contributed by atoms with E-state index in [4.69, 9.17) is 11.5 Å². The molecule has 0 fully saturated rings. The molecule has 0 aliphatic heterocycles. The van der Waals surface area contributed by atoms with Gasteiger partial charge < -0.3 is 16.4 Å². The molecule has 7 heteroatoms. The van der Waals surface area contributed by atoms with Gasteiger partial charge in [-0.25, -0.2) is 0 Å². The van der Waals surface area contributed by atoms with Gasteiger partial charge in [0.15, 0.2) is 5.82 Å². The van der Waals surface area contributed by atoms with Crippen LogP contribution in [0, 0.1) is 0 Å². The van der Waals surface area contributed by atoms with Crippen molar-refractivity contribution >= 4 is 44.2 Å². The van der Waals surface area contributed by atoms with Gasteiger partial charge in [-0.3, -0.25) is 4.79 Å². The number of primary amides is 1. The van der Waals surface area contributed by atoms with E-state index in [0.717, 1.165) is 10.0 Å². The summed E-state index contributed by atoms with van der Waals surface area (Å²) in [4.78, 5) is 13.3. The van der Waals surface area contributed by atoms with Crippen LogP contribution in [-0.4, -0.2) is 17.3 Å². The predicted molar refractivity (Wildman–Crippen MR) is 81.3 cm³/mol. The van der Waals surface area contributed by atoms with Crippen molar-refractivity contribution in [1.29, 1.82) is 0 Å². The third-order valence-corrected chi connectivity index (χ3v) is 4.41. The SMILES string of the molecule is CN(Cc1ccccc1Br)c1snc(N)c1C(N)=O. The van der Waals surface area contributed by atoms with Crippen LogP contribution in [0.15, 0.2) is 28.7 Å². The lowest BCUT2D eigenvalue weighted by Gasteiger charge is -2.18. The molecule has 0 aliphatic carbocycles. The number of amides is 1. The topological polar surface area (TPSA) is 85.2 Å². The van der Waals surface area contributed by atoms with Crippen LogP contribution in [0.1, 0.15) is 15.9 Å². The van der Waals surface area contributed by atoms with Crippen molar-refractivity contribution in [3.63, 3.8) is 0 Å². The number of nitrogen functional groups attached to an aromatic ring is 1. The molecule has 1 heterocycles. The van der Waals surface area contributed by atoms with Gasteiger partial charge in [0.1, 0.15) is 10.6 Å². The first-order valence-corrected chi connectivity index (χ1v) is 7.07. The average molecular weight is 341 g/mol. The molecule has 0 saturated carbocycles. The summed E-state index contributed by atoms with van der Waals surface area (Å²) in [6.07, 6.45) is 0. The smallest absolute Gasteiger partial charge is 0.255 e. The maximum absolute atomic E-state index is 11.4. The standard InChI is InChI=1S/C12H13BrN4OS/c1-17(6-7-4-2-3-5-8(7)13)12-9(11(15)18)10(14)16-19-12/h2-5H,6H2,1H3,(H2,14,16)(H2,15,18). The Hall–Kier alpha value is -1.60. The number of anilines is 2. The minimum absolute atomic E-state index is 0.187. The maximum Gasteiger partial charge on any atom is 0.255 e. The van der Waals surface area contributed by atoms with E-state index >= 15 is 0 Å². The number of hydrogen-bond donors (Lipinski definition) is 2. The molecule has 2 aromatic rings. The van der Waals surface area contributed by atoms with Gasteiger partial charge in [0, 0.05) is 18.1 Å². The molecule has 1 aromatic heterocycles. The normalized spacial score (nSPS) is 10.4. The van der Waals surface area contributed by atoms with Crippen LogP contribution in [0.4, 0.5) is 10.8 Å². The highest BCUT2D eigenvalue weighted by Gasteiger charge is 2.20. The molecule has 0 radical (unpaired) electrons. The van der Waals surface area contributed by atoms with Gasteiger partial charge in [-0.2, -0.15) is 4.37 Å². The monoisotopic (exact) mass is 340 g/mol. The molecular weight excluding hydrogens is 328 g/mol. The van der Waals surface area contributed by atoms with Crippen molar-refractivity contribution in [3.8, 4) is 0 Å². The lowest BCUT2D eigenvalue weighted by Crippen LogP contribution is -2.21. The molecule has 19 heavy (non-hydrogen) atoms. The Balaban J connectivity index is 2.28. The first-order valence-electron chi connectivity index (χ1n) is 5.50. The molecule has 0 saturated heterocycles. The number of nitrogens with two attached hydrogens (primary N) is 2. The fraction of sp³-hybridized carbons (Fsp3) is 0.167. The number of carbonyl (C=O) groups excluding carboxylic acids is 1. The summed E-state index contributed by atoms with van der Waals surface area (Å²) in [5, 5.41) is 0.681. The van der Waals surface area contributed by atoms with Crippen LogP contribution < -0.4 is 16.4 Å². The Morgan fingerprint density at radius 3 is 2.79 bits per heavy atom. The Morgan fingerprint density at radius 2 is 2.16 bits per heavy atom. The largest absolute Gasteiger partial charge is 0.382 e. The Bertz CT molecular complexity index is 614. The molecule has 4 N–H and O–H groups in total. The Morgan fingerprint density at radius 1 is 1.47 bits per heavy atom. The van der Waals surface area contributed by atoms with E-state index in [-0.39, 0.29) is 5.82 Å². The molecule has 100 valence electrons. The minimum atomic E-state index is -0.555. The molecule has 2 rings (SSSR count). The lowest BCUT2D eigenvalue weighted by atomic mass is 10.2. The molecule has 1 aromatic carbocycles. The molecule has 0 unspecified atom stereocenters. The van der Waals surface area contributed by atoms with Gasteiger partial charge >= 0.3 is 0 Å². The fourth-order valence-corrected chi connectivity index (χ4v) is 2.93. The highest BCUT2D eigenvalue weighted by Crippen LogP contribution is 2.31. The van der Waals surface area contributed by atoms with Crippen LogP contribution in [0.2, 0.25) is 0 Å². The van der Waals surface area contributed by atoms with Crippen LogP contribution in [0.5, 0.6) is 0 Å². The van der Waals surface area contributed by atoms with E-state index in [1.165, 1.54) is 11.5 Å². The molecule has 0 spiro atoms. The second-order valence-corrected chi connectivity index (χ2v) is 5.67. The molecular formula is C12H13BrN4OS. The summed E-state index contributed by atoms with van der Waals surface area (Å²) in [6.45, 7) is 0.628. The van der Waals surface area contributed by atoms with Crippen LogP contribution >= 0.6 is 27.5 Å². The first-order chi connectivity index (χ1) is 9.00. The molecule has 1 amide bonds. The number of carbonyl (C=O) groups is 1. The van der Waals surface area contributed by atoms with E-state index in [1.807, 2.05) is 36.2 Å². The summed E-state index contributed by atoms with van der Waals surface area (Å²) in [5.41, 5.74) is 12.4. The number of hydrogen-bond acceptors (Lipinski definition) is 5. The van der Waals surface area contributed by atoms with Crippen molar-refractivity contribution in [2.75, 3.05) is 17.7 Å². The molecule has 0 atom stereocenters. The van der Waals surface area contributed by atoms with Gasteiger partial charge in [0.05, 0.1) is 0 Å².